The molecule has 2 atom stereocenters. The van der Waals surface area contributed by atoms with Crippen LogP contribution in [0.3, 0.4) is 0 Å². The van der Waals surface area contributed by atoms with Crippen LogP contribution in [0.15, 0.2) is 18.2 Å². The molecule has 3 rings (SSSR count). The lowest BCUT2D eigenvalue weighted by Crippen LogP contribution is -2.55. The van der Waals surface area contributed by atoms with Gasteiger partial charge in [-0.1, -0.05) is 31.3 Å². The number of likely N-dealkylation sites (N-methyl/N-ethyl adjacent to an activating group) is 2. The van der Waals surface area contributed by atoms with Gasteiger partial charge in [-0.2, -0.15) is 4.98 Å². The summed E-state index contributed by atoms with van der Waals surface area (Å²) in [6.07, 6.45) is 0.899. The van der Waals surface area contributed by atoms with Crippen LogP contribution in [0, 0.1) is 5.21 Å². The summed E-state index contributed by atoms with van der Waals surface area (Å²) in [6, 6.07) is 6.34. The summed E-state index contributed by atoms with van der Waals surface area (Å²) in [5.74, 6) is 0. The number of hydroxylamine groups is 2. The van der Waals surface area contributed by atoms with Crippen molar-refractivity contribution >= 4 is 26.7 Å². The van der Waals surface area contributed by atoms with Crippen LogP contribution in [-0.4, -0.2) is 54.8 Å². The van der Waals surface area contributed by atoms with Gasteiger partial charge >= 0.3 is 0 Å². The minimum atomic E-state index is -0.359. The van der Waals surface area contributed by atoms with E-state index >= 15 is 0 Å². The van der Waals surface area contributed by atoms with Gasteiger partial charge in [-0.05, 0) is 38.2 Å². The Balaban J connectivity index is 2.03. The first-order chi connectivity index (χ1) is 10.5. The zero-order valence-corrected chi connectivity index (χ0v) is 14.6. The number of fused-ring (bicyclic) bond motifs is 1. The fourth-order valence-corrected chi connectivity index (χ4v) is 4.13. The Morgan fingerprint density at radius 3 is 2.82 bits per heavy atom. The van der Waals surface area contributed by atoms with E-state index in [-0.39, 0.29) is 10.8 Å². The van der Waals surface area contributed by atoms with Gasteiger partial charge in [0.05, 0.1) is 16.8 Å². The minimum Gasteiger partial charge on any atom is -0.623 e. The van der Waals surface area contributed by atoms with Crippen molar-refractivity contribution in [1.82, 2.24) is 19.4 Å². The quantitative estimate of drug-likeness (QED) is 0.642. The van der Waals surface area contributed by atoms with E-state index in [0.717, 1.165) is 29.7 Å². The van der Waals surface area contributed by atoms with Gasteiger partial charge in [0.1, 0.15) is 6.67 Å². The monoisotopic (exact) mass is 320 g/mol. The highest BCUT2D eigenvalue weighted by atomic mass is 32.1. The topological polar surface area (TPSA) is 42.4 Å². The molecule has 1 aromatic heterocycles. The standard InChI is InChI=1S/C16H24N4OS/c1-5-12-7-8-14-13(9-12)17-16(22-14)20(21)11-19(6-2)10-15(20)18(3)4/h7-9,15H,5-6,10-11H2,1-4H3. The maximum Gasteiger partial charge on any atom is 0.289 e. The molecule has 0 saturated carbocycles. The predicted octanol–water partition coefficient (Wildman–Crippen LogP) is 2.84. The van der Waals surface area contributed by atoms with E-state index in [0.29, 0.717) is 11.8 Å². The van der Waals surface area contributed by atoms with Crippen molar-refractivity contribution in [3.8, 4) is 0 Å². The zero-order valence-electron chi connectivity index (χ0n) is 13.7. The Morgan fingerprint density at radius 1 is 1.41 bits per heavy atom. The third-order valence-electron chi connectivity index (χ3n) is 4.53. The highest BCUT2D eigenvalue weighted by Crippen LogP contribution is 2.38. The van der Waals surface area contributed by atoms with Crippen LogP contribution in [0.5, 0.6) is 0 Å². The van der Waals surface area contributed by atoms with E-state index < -0.39 is 0 Å². The SMILES string of the molecule is CCc1ccc2sc([N+]3([O-])CN(CC)CC3N(C)C)nc2c1. The highest BCUT2D eigenvalue weighted by Gasteiger charge is 2.44. The number of aromatic nitrogens is 1. The van der Waals surface area contributed by atoms with Gasteiger partial charge in [0.15, 0.2) is 6.17 Å². The second-order valence-electron chi connectivity index (χ2n) is 6.20. The van der Waals surface area contributed by atoms with Crippen molar-refractivity contribution in [2.75, 3.05) is 33.9 Å². The Bertz CT molecular complexity index is 671. The lowest BCUT2D eigenvalue weighted by Gasteiger charge is -2.42. The molecule has 1 fully saturated rings. The molecule has 1 aromatic carbocycles. The number of quaternary nitrogens is 1. The van der Waals surface area contributed by atoms with Crippen molar-refractivity contribution in [1.29, 1.82) is 0 Å². The number of thiazole rings is 1. The van der Waals surface area contributed by atoms with Gasteiger partial charge in [0.2, 0.25) is 0 Å². The van der Waals surface area contributed by atoms with Crippen LogP contribution >= 0.6 is 11.3 Å². The molecule has 1 aliphatic rings. The molecule has 0 amide bonds. The van der Waals surface area contributed by atoms with E-state index in [1.165, 1.54) is 5.56 Å². The molecule has 2 unspecified atom stereocenters. The molecule has 6 heteroatoms. The molecule has 22 heavy (non-hydrogen) atoms. The number of hydrogen-bond donors (Lipinski definition) is 0. The second-order valence-corrected chi connectivity index (χ2v) is 7.21. The molecule has 2 aromatic rings. The van der Waals surface area contributed by atoms with Gasteiger partial charge in [-0.25, -0.2) is 4.90 Å². The first-order valence-corrected chi connectivity index (χ1v) is 8.67. The van der Waals surface area contributed by atoms with Crippen LogP contribution in [0.2, 0.25) is 0 Å². The molecule has 2 heterocycles. The zero-order chi connectivity index (χ0) is 15.9. The van der Waals surface area contributed by atoms with Crippen molar-refractivity contribution < 1.29 is 0 Å². The van der Waals surface area contributed by atoms with Gasteiger partial charge in [-0.15, -0.1) is 0 Å². The smallest absolute Gasteiger partial charge is 0.289 e. The first kappa shape index (κ1) is 15.8. The van der Waals surface area contributed by atoms with E-state index in [9.17, 15) is 5.21 Å². The lowest BCUT2D eigenvalue weighted by molar-refractivity contribution is 0.178. The molecular weight excluding hydrogens is 296 g/mol. The molecule has 0 bridgehead atoms. The summed E-state index contributed by atoms with van der Waals surface area (Å²) in [5, 5.41) is 14.3. The van der Waals surface area contributed by atoms with Gasteiger partial charge in [0, 0.05) is 6.54 Å². The Hall–Kier alpha value is -1.05. The van der Waals surface area contributed by atoms with Crippen molar-refractivity contribution in [2.24, 2.45) is 0 Å². The number of nitrogens with zero attached hydrogens (tertiary/aromatic N) is 4. The van der Waals surface area contributed by atoms with Crippen LogP contribution in [0.25, 0.3) is 10.2 Å². The Morgan fingerprint density at radius 2 is 2.18 bits per heavy atom. The first-order valence-electron chi connectivity index (χ1n) is 7.85. The third-order valence-corrected chi connectivity index (χ3v) is 5.68. The molecular formula is C16H24N4OS. The largest absolute Gasteiger partial charge is 0.623 e. The molecule has 1 aliphatic heterocycles. The van der Waals surface area contributed by atoms with Gasteiger partial charge in [-0.3, -0.25) is 9.55 Å². The molecule has 5 nitrogen and oxygen atoms in total. The molecule has 1 saturated heterocycles. The maximum absolute atomic E-state index is 13.6. The number of hydrogen-bond acceptors (Lipinski definition) is 5. The van der Waals surface area contributed by atoms with E-state index in [4.69, 9.17) is 4.98 Å². The van der Waals surface area contributed by atoms with E-state index in [1.807, 2.05) is 19.0 Å². The molecule has 120 valence electrons. The highest BCUT2D eigenvalue weighted by molar-refractivity contribution is 7.22. The molecule has 0 N–H and O–H groups in total. The van der Waals surface area contributed by atoms with Crippen molar-refractivity contribution in [3.05, 3.63) is 29.0 Å². The Labute approximate surface area is 135 Å². The minimum absolute atomic E-state index is 0.0915. The normalized spacial score (nSPS) is 26.4. The van der Waals surface area contributed by atoms with Crippen LogP contribution in [0.1, 0.15) is 19.4 Å². The predicted molar refractivity (Wildman–Crippen MR) is 93.7 cm³/mol. The second kappa shape index (κ2) is 5.86. The molecule has 0 radical (unpaired) electrons. The summed E-state index contributed by atoms with van der Waals surface area (Å²) in [7, 11) is 3.97. The summed E-state index contributed by atoms with van der Waals surface area (Å²) in [5.41, 5.74) is 2.22. The van der Waals surface area contributed by atoms with Crippen LogP contribution < -0.4 is 4.65 Å². The summed E-state index contributed by atoms with van der Waals surface area (Å²) >= 11 is 1.54. The average Bonchev–Trinajstić information content (AvgIpc) is 3.08. The van der Waals surface area contributed by atoms with Crippen LogP contribution in [-0.2, 0) is 6.42 Å². The van der Waals surface area contributed by atoms with Gasteiger partial charge < -0.3 is 5.21 Å². The van der Waals surface area contributed by atoms with E-state index in [2.05, 4.69) is 36.9 Å². The summed E-state index contributed by atoms with van der Waals surface area (Å²) in [6.45, 7) is 6.42. The van der Waals surface area contributed by atoms with Crippen molar-refractivity contribution in [3.63, 3.8) is 0 Å². The average molecular weight is 320 g/mol. The fourth-order valence-electron chi connectivity index (χ4n) is 3.11. The fraction of sp³-hybridized carbons (Fsp3) is 0.562. The molecule has 0 spiro atoms. The third kappa shape index (κ3) is 2.55. The molecule has 0 aliphatic carbocycles. The van der Waals surface area contributed by atoms with E-state index in [1.54, 1.807) is 11.3 Å². The number of rotatable bonds is 4. The Kier molecular flexibility index (Phi) is 4.22. The van der Waals surface area contributed by atoms with Crippen LogP contribution in [0.4, 0.5) is 5.13 Å². The summed E-state index contributed by atoms with van der Waals surface area (Å²) < 4.78 is 0.745. The summed E-state index contributed by atoms with van der Waals surface area (Å²) in [4.78, 5) is 8.94. The van der Waals surface area contributed by atoms with Gasteiger partial charge in [0.25, 0.3) is 5.13 Å². The number of aryl methyl sites for hydroxylation is 1. The lowest BCUT2D eigenvalue weighted by atomic mass is 10.2. The maximum atomic E-state index is 13.6. The number of benzene rings is 1. The van der Waals surface area contributed by atoms with Crippen molar-refractivity contribution in [2.45, 2.75) is 26.4 Å².